The number of nitrogens with zero attached hydrogens (tertiary/aromatic N) is 4. The molecule has 3 heterocycles. The van der Waals surface area contributed by atoms with Crippen LogP contribution in [0.15, 0.2) is 60.6 Å². The van der Waals surface area contributed by atoms with Crippen LogP contribution in [0.4, 0.5) is 5.95 Å². The Labute approximate surface area is 141 Å². The molecule has 0 spiro atoms. The van der Waals surface area contributed by atoms with E-state index in [1.54, 1.807) is 47.6 Å². The zero-order valence-corrected chi connectivity index (χ0v) is 13.2. The first-order valence-corrected chi connectivity index (χ1v) is 8.04. The normalized spacial score (nSPS) is 10.7. The van der Waals surface area contributed by atoms with Crippen molar-refractivity contribution in [1.29, 1.82) is 0 Å². The largest absolute Gasteiger partial charge is 0.290 e. The monoisotopic (exact) mass is 333 g/mol. The average molecular weight is 333 g/mol. The predicted octanol–water partition coefficient (Wildman–Crippen LogP) is 3.40. The molecule has 1 amide bonds. The van der Waals surface area contributed by atoms with Crippen LogP contribution in [0.5, 0.6) is 0 Å². The van der Waals surface area contributed by atoms with Crippen LogP contribution in [0.1, 0.15) is 10.4 Å². The molecule has 0 saturated heterocycles. The molecule has 0 aliphatic carbocycles. The maximum absolute atomic E-state index is 12.2. The molecule has 1 aromatic carbocycles. The van der Waals surface area contributed by atoms with Crippen molar-refractivity contribution in [3.05, 3.63) is 66.2 Å². The molecule has 0 fully saturated rings. The summed E-state index contributed by atoms with van der Waals surface area (Å²) in [7, 11) is 0. The Balaban J connectivity index is 1.66. The van der Waals surface area contributed by atoms with Crippen molar-refractivity contribution in [2.75, 3.05) is 5.32 Å². The number of rotatable bonds is 3. The summed E-state index contributed by atoms with van der Waals surface area (Å²) in [6.07, 6.45) is 6.65. The molecule has 0 unspecified atom stereocenters. The zero-order chi connectivity index (χ0) is 16.4. The Morgan fingerprint density at radius 2 is 1.92 bits per heavy atom. The molecule has 0 aliphatic heterocycles. The van der Waals surface area contributed by atoms with Gasteiger partial charge in [-0.25, -0.2) is 9.97 Å². The molecule has 116 valence electrons. The molecule has 0 radical (unpaired) electrons. The van der Waals surface area contributed by atoms with Crippen LogP contribution < -0.4 is 5.32 Å². The number of amides is 1. The van der Waals surface area contributed by atoms with Gasteiger partial charge in [0, 0.05) is 35.7 Å². The second-order valence-electron chi connectivity index (χ2n) is 5.02. The lowest BCUT2D eigenvalue weighted by Crippen LogP contribution is -2.14. The first kappa shape index (κ1) is 14.4. The summed E-state index contributed by atoms with van der Waals surface area (Å²) >= 11 is 1.57. The molecule has 3 aromatic heterocycles. The van der Waals surface area contributed by atoms with Gasteiger partial charge in [-0.15, -0.1) is 11.3 Å². The number of fused-ring (bicyclic) bond motifs is 1. The molecule has 0 atom stereocenters. The van der Waals surface area contributed by atoms with Gasteiger partial charge in [0.1, 0.15) is 0 Å². The Morgan fingerprint density at radius 1 is 1.04 bits per heavy atom. The number of aromatic nitrogens is 4. The van der Waals surface area contributed by atoms with Crippen molar-refractivity contribution < 1.29 is 4.79 Å². The number of carbonyl (C=O) groups excluding carboxylic acids is 1. The lowest BCUT2D eigenvalue weighted by atomic mass is 10.1. The van der Waals surface area contributed by atoms with Gasteiger partial charge in [-0.3, -0.25) is 20.1 Å². The third-order valence-corrected chi connectivity index (χ3v) is 4.29. The number of hydrogen-bond donors (Lipinski definition) is 1. The van der Waals surface area contributed by atoms with Crippen LogP contribution in [0.2, 0.25) is 0 Å². The van der Waals surface area contributed by atoms with E-state index in [0.29, 0.717) is 5.56 Å². The second kappa shape index (κ2) is 6.13. The summed E-state index contributed by atoms with van der Waals surface area (Å²) in [6.45, 7) is 0. The van der Waals surface area contributed by atoms with Gasteiger partial charge in [-0.05, 0) is 23.8 Å². The van der Waals surface area contributed by atoms with Crippen molar-refractivity contribution in [2.24, 2.45) is 0 Å². The molecular formula is C17H11N5OS. The third-order valence-electron chi connectivity index (χ3n) is 3.47. The summed E-state index contributed by atoms with van der Waals surface area (Å²) in [5, 5.41) is 3.61. The first-order valence-electron chi connectivity index (χ1n) is 7.17. The van der Waals surface area contributed by atoms with E-state index in [4.69, 9.17) is 0 Å². The topological polar surface area (TPSA) is 80.7 Å². The fraction of sp³-hybridized carbons (Fsp3) is 0. The highest BCUT2D eigenvalue weighted by molar-refractivity contribution is 7.13. The highest BCUT2D eigenvalue weighted by Gasteiger charge is 2.09. The van der Waals surface area contributed by atoms with Gasteiger partial charge in [0.05, 0.1) is 15.9 Å². The predicted molar refractivity (Wildman–Crippen MR) is 92.8 cm³/mol. The van der Waals surface area contributed by atoms with Gasteiger partial charge < -0.3 is 0 Å². The van der Waals surface area contributed by atoms with Gasteiger partial charge in [0.25, 0.3) is 5.91 Å². The molecule has 4 rings (SSSR count). The van der Waals surface area contributed by atoms with E-state index >= 15 is 0 Å². The summed E-state index contributed by atoms with van der Waals surface area (Å²) in [6, 6.07) is 9.20. The number of thiazole rings is 1. The number of pyridine rings is 1. The van der Waals surface area contributed by atoms with Crippen molar-refractivity contribution in [3.63, 3.8) is 0 Å². The van der Waals surface area contributed by atoms with Crippen molar-refractivity contribution in [1.82, 2.24) is 19.9 Å². The minimum absolute atomic E-state index is 0.268. The van der Waals surface area contributed by atoms with Gasteiger partial charge in [0.15, 0.2) is 0 Å². The molecule has 0 saturated carbocycles. The summed E-state index contributed by atoms with van der Waals surface area (Å²) in [5.41, 5.74) is 4.10. The molecule has 1 N–H and O–H groups in total. The van der Waals surface area contributed by atoms with E-state index in [1.165, 1.54) is 0 Å². The first-order chi connectivity index (χ1) is 11.8. The fourth-order valence-electron chi connectivity index (χ4n) is 2.27. The van der Waals surface area contributed by atoms with Gasteiger partial charge in [-0.1, -0.05) is 12.1 Å². The standard InChI is InChI=1S/C17H11N5OS/c23-16(11-3-5-18-6-4-11)22-17-20-8-13-2-1-12(7-14(13)21-17)15-9-19-10-24-15/h1-10H,(H,20,21,22,23). The number of nitrogens with one attached hydrogen (secondary N) is 1. The third kappa shape index (κ3) is 2.84. The van der Waals surface area contributed by atoms with E-state index < -0.39 is 0 Å². The fourth-order valence-corrected chi connectivity index (χ4v) is 2.89. The van der Waals surface area contributed by atoms with E-state index in [0.717, 1.165) is 21.3 Å². The quantitative estimate of drug-likeness (QED) is 0.621. The Bertz CT molecular complexity index is 1000. The Hall–Kier alpha value is -3.19. The minimum Gasteiger partial charge on any atom is -0.290 e. The number of benzene rings is 1. The Kier molecular flexibility index (Phi) is 3.68. The van der Waals surface area contributed by atoms with E-state index in [9.17, 15) is 4.79 Å². The number of anilines is 1. The van der Waals surface area contributed by atoms with E-state index in [-0.39, 0.29) is 11.9 Å². The molecule has 7 heteroatoms. The van der Waals surface area contributed by atoms with E-state index in [2.05, 4.69) is 25.3 Å². The van der Waals surface area contributed by atoms with E-state index in [1.807, 2.05) is 24.4 Å². The number of hydrogen-bond acceptors (Lipinski definition) is 6. The highest BCUT2D eigenvalue weighted by atomic mass is 32.1. The second-order valence-corrected chi connectivity index (χ2v) is 5.91. The SMILES string of the molecule is O=C(Nc1ncc2ccc(-c3cncs3)cc2n1)c1ccncc1. The molecule has 4 aromatic rings. The smallest absolute Gasteiger partial charge is 0.258 e. The summed E-state index contributed by atoms with van der Waals surface area (Å²) < 4.78 is 0. The highest BCUT2D eigenvalue weighted by Crippen LogP contribution is 2.26. The van der Waals surface area contributed by atoms with Crippen molar-refractivity contribution in [2.45, 2.75) is 0 Å². The van der Waals surface area contributed by atoms with Crippen LogP contribution in [0, 0.1) is 0 Å². The average Bonchev–Trinajstić information content (AvgIpc) is 3.16. The maximum atomic E-state index is 12.2. The molecule has 6 nitrogen and oxygen atoms in total. The lowest BCUT2D eigenvalue weighted by molar-refractivity contribution is 0.102. The number of carbonyl (C=O) groups is 1. The minimum atomic E-state index is -0.268. The van der Waals surface area contributed by atoms with Crippen LogP contribution in [-0.4, -0.2) is 25.8 Å². The molecule has 0 aliphatic rings. The van der Waals surface area contributed by atoms with Crippen LogP contribution >= 0.6 is 11.3 Å². The molecular weight excluding hydrogens is 322 g/mol. The Morgan fingerprint density at radius 3 is 2.71 bits per heavy atom. The van der Waals surface area contributed by atoms with Crippen LogP contribution in [-0.2, 0) is 0 Å². The van der Waals surface area contributed by atoms with Gasteiger partial charge >= 0.3 is 0 Å². The maximum Gasteiger partial charge on any atom is 0.258 e. The van der Waals surface area contributed by atoms with Crippen molar-refractivity contribution >= 4 is 34.1 Å². The van der Waals surface area contributed by atoms with Gasteiger partial charge in [-0.2, -0.15) is 0 Å². The van der Waals surface area contributed by atoms with Crippen LogP contribution in [0.25, 0.3) is 21.3 Å². The van der Waals surface area contributed by atoms with Crippen LogP contribution in [0.3, 0.4) is 0 Å². The van der Waals surface area contributed by atoms with Gasteiger partial charge in [0.2, 0.25) is 5.95 Å². The molecule has 0 bridgehead atoms. The summed E-state index contributed by atoms with van der Waals surface area (Å²) in [5.74, 6) is 0.00104. The summed E-state index contributed by atoms with van der Waals surface area (Å²) in [4.78, 5) is 29.9. The zero-order valence-electron chi connectivity index (χ0n) is 12.4. The molecule has 24 heavy (non-hydrogen) atoms. The lowest BCUT2D eigenvalue weighted by Gasteiger charge is -2.05. The van der Waals surface area contributed by atoms with Crippen molar-refractivity contribution in [3.8, 4) is 10.4 Å².